The fraction of sp³-hybridized carbons (Fsp3) is 0.476. The molecule has 2 amide bonds. The van der Waals surface area contributed by atoms with Crippen LogP contribution in [-0.2, 0) is 16.9 Å². The number of aromatic nitrogens is 2. The molecule has 0 radical (unpaired) electrons. The molecular formula is C21H26FN5O2. The lowest BCUT2D eigenvalue weighted by Crippen LogP contribution is -2.46. The number of rotatable bonds is 3. The van der Waals surface area contributed by atoms with Crippen molar-refractivity contribution in [3.05, 3.63) is 46.9 Å². The van der Waals surface area contributed by atoms with Gasteiger partial charge in [-0.15, -0.1) is 0 Å². The lowest BCUT2D eigenvalue weighted by atomic mass is 9.93. The molecule has 3 heterocycles. The maximum absolute atomic E-state index is 13.4. The number of likely N-dealkylation sites (tertiary alicyclic amines) is 1. The van der Waals surface area contributed by atoms with E-state index in [1.807, 2.05) is 18.7 Å². The molecule has 0 atom stereocenters. The second-order valence-electron chi connectivity index (χ2n) is 8.45. The van der Waals surface area contributed by atoms with Gasteiger partial charge in [-0.2, -0.15) is 5.10 Å². The van der Waals surface area contributed by atoms with Crippen molar-refractivity contribution in [1.29, 1.82) is 0 Å². The van der Waals surface area contributed by atoms with Crippen LogP contribution in [0.1, 0.15) is 48.3 Å². The Labute approximate surface area is 169 Å². The third kappa shape index (κ3) is 3.53. The van der Waals surface area contributed by atoms with Gasteiger partial charge in [0.05, 0.1) is 17.8 Å². The lowest BCUT2D eigenvalue weighted by molar-refractivity contribution is -0.142. The summed E-state index contributed by atoms with van der Waals surface area (Å²) in [7, 11) is 2.07. The van der Waals surface area contributed by atoms with Gasteiger partial charge >= 0.3 is 0 Å². The summed E-state index contributed by atoms with van der Waals surface area (Å²) in [5, 5.41) is 10.00. The van der Waals surface area contributed by atoms with E-state index >= 15 is 0 Å². The smallest absolute Gasteiger partial charge is 0.256 e. The first-order chi connectivity index (χ1) is 13.8. The summed E-state index contributed by atoms with van der Waals surface area (Å²) in [6.45, 7) is 6.21. The predicted octanol–water partition coefficient (Wildman–Crippen LogP) is 2.72. The van der Waals surface area contributed by atoms with Crippen LogP contribution in [0.5, 0.6) is 0 Å². The van der Waals surface area contributed by atoms with Gasteiger partial charge < -0.3 is 15.1 Å². The van der Waals surface area contributed by atoms with Crippen molar-refractivity contribution in [2.75, 3.05) is 25.5 Å². The van der Waals surface area contributed by atoms with Gasteiger partial charge in [0.1, 0.15) is 5.82 Å². The number of fused-ring (bicyclic) bond motifs is 1. The number of carbonyl (C=O) groups excluding carboxylic acids is 2. The van der Waals surface area contributed by atoms with Gasteiger partial charge in [0.2, 0.25) is 5.91 Å². The normalized spacial score (nSPS) is 19.2. The first-order valence-electron chi connectivity index (χ1n) is 9.92. The number of piperidine rings is 1. The minimum atomic E-state index is -0.537. The Morgan fingerprint density at radius 2 is 2.00 bits per heavy atom. The van der Waals surface area contributed by atoms with E-state index in [1.165, 1.54) is 18.2 Å². The summed E-state index contributed by atoms with van der Waals surface area (Å²) < 4.78 is 13.4. The molecule has 1 aromatic carbocycles. The van der Waals surface area contributed by atoms with E-state index < -0.39 is 17.3 Å². The molecule has 0 aliphatic carbocycles. The maximum Gasteiger partial charge on any atom is 0.256 e. The SMILES string of the molecule is CN1CCC(C(=O)N2Cc3c(NC(=O)c4cccc(F)c4)n[nH]c3C2(C)C)CC1. The number of aromatic amines is 1. The molecule has 1 saturated heterocycles. The summed E-state index contributed by atoms with van der Waals surface area (Å²) in [4.78, 5) is 29.8. The van der Waals surface area contributed by atoms with E-state index in [-0.39, 0.29) is 17.4 Å². The minimum Gasteiger partial charge on any atom is -0.327 e. The number of hydrogen-bond donors (Lipinski definition) is 2. The Kier molecular flexibility index (Phi) is 4.90. The van der Waals surface area contributed by atoms with Crippen LogP contribution in [-0.4, -0.2) is 51.9 Å². The highest BCUT2D eigenvalue weighted by Crippen LogP contribution is 2.42. The molecule has 2 N–H and O–H groups in total. The number of nitrogens with zero attached hydrogens (tertiary/aromatic N) is 3. The van der Waals surface area contributed by atoms with Gasteiger partial charge in [-0.3, -0.25) is 14.7 Å². The molecule has 2 aliphatic heterocycles. The van der Waals surface area contributed by atoms with Gasteiger partial charge in [0.15, 0.2) is 5.82 Å². The van der Waals surface area contributed by atoms with E-state index in [0.717, 1.165) is 37.2 Å². The summed E-state index contributed by atoms with van der Waals surface area (Å²) in [6.07, 6.45) is 1.72. The third-order valence-electron chi connectivity index (χ3n) is 6.12. The Morgan fingerprint density at radius 1 is 1.28 bits per heavy atom. The Bertz CT molecular complexity index is 946. The summed E-state index contributed by atoms with van der Waals surface area (Å²) in [5.41, 5.74) is 1.32. The van der Waals surface area contributed by atoms with E-state index in [2.05, 4.69) is 27.5 Å². The first-order valence-corrected chi connectivity index (χ1v) is 9.92. The Hall–Kier alpha value is -2.74. The van der Waals surface area contributed by atoms with Crippen LogP contribution >= 0.6 is 0 Å². The highest BCUT2D eigenvalue weighted by molar-refractivity contribution is 6.04. The molecule has 0 saturated carbocycles. The molecule has 7 nitrogen and oxygen atoms in total. The molecule has 29 heavy (non-hydrogen) atoms. The molecular weight excluding hydrogens is 373 g/mol. The minimum absolute atomic E-state index is 0.0211. The van der Waals surface area contributed by atoms with Crippen molar-refractivity contribution >= 4 is 17.6 Å². The standard InChI is InChI=1S/C21H26FN5O2/c1-21(2)17-16(12-27(21)20(29)13-7-9-26(3)10-8-13)18(25-24-17)23-19(28)14-5-4-6-15(22)11-14/h4-6,11,13H,7-10,12H2,1-3H3,(H2,23,24,25,28). The van der Waals surface area contributed by atoms with Crippen LogP contribution in [0, 0.1) is 11.7 Å². The van der Waals surface area contributed by atoms with Crippen molar-refractivity contribution in [2.45, 2.75) is 38.8 Å². The number of carbonyl (C=O) groups is 2. The number of anilines is 1. The van der Waals surface area contributed by atoms with Crippen LogP contribution in [0.3, 0.4) is 0 Å². The fourth-order valence-electron chi connectivity index (χ4n) is 4.26. The zero-order chi connectivity index (χ0) is 20.8. The second kappa shape index (κ2) is 7.26. The highest BCUT2D eigenvalue weighted by atomic mass is 19.1. The molecule has 0 unspecified atom stereocenters. The van der Waals surface area contributed by atoms with E-state index in [0.29, 0.717) is 12.4 Å². The van der Waals surface area contributed by atoms with Gasteiger partial charge in [0.25, 0.3) is 5.91 Å². The first kappa shape index (κ1) is 19.6. The molecule has 1 aromatic heterocycles. The largest absolute Gasteiger partial charge is 0.327 e. The fourth-order valence-corrected chi connectivity index (χ4v) is 4.26. The van der Waals surface area contributed by atoms with Crippen molar-refractivity contribution in [3.8, 4) is 0 Å². The number of benzene rings is 1. The third-order valence-corrected chi connectivity index (χ3v) is 6.12. The van der Waals surface area contributed by atoms with Crippen molar-refractivity contribution in [1.82, 2.24) is 20.0 Å². The molecule has 4 rings (SSSR count). The lowest BCUT2D eigenvalue weighted by Gasteiger charge is -2.37. The summed E-state index contributed by atoms with van der Waals surface area (Å²) >= 11 is 0. The number of H-pyrrole nitrogens is 1. The van der Waals surface area contributed by atoms with Crippen LogP contribution < -0.4 is 5.32 Å². The monoisotopic (exact) mass is 399 g/mol. The zero-order valence-corrected chi connectivity index (χ0v) is 17.0. The van der Waals surface area contributed by atoms with Crippen molar-refractivity contribution in [2.24, 2.45) is 5.92 Å². The molecule has 0 spiro atoms. The topological polar surface area (TPSA) is 81.3 Å². The van der Waals surface area contributed by atoms with Crippen molar-refractivity contribution < 1.29 is 14.0 Å². The predicted molar refractivity (Wildman–Crippen MR) is 107 cm³/mol. The molecule has 154 valence electrons. The van der Waals surface area contributed by atoms with Crippen LogP contribution in [0.4, 0.5) is 10.2 Å². The average molecular weight is 399 g/mol. The number of hydrogen-bond acceptors (Lipinski definition) is 4. The van der Waals surface area contributed by atoms with Gasteiger partial charge in [-0.05, 0) is 65.0 Å². The molecule has 2 aromatic rings. The van der Waals surface area contributed by atoms with Crippen LogP contribution in [0.2, 0.25) is 0 Å². The van der Waals surface area contributed by atoms with Gasteiger partial charge in [0, 0.05) is 17.0 Å². The van der Waals surface area contributed by atoms with Gasteiger partial charge in [-0.25, -0.2) is 4.39 Å². The zero-order valence-electron chi connectivity index (χ0n) is 17.0. The number of nitrogens with one attached hydrogen (secondary N) is 2. The molecule has 8 heteroatoms. The Balaban J connectivity index is 1.53. The van der Waals surface area contributed by atoms with Crippen molar-refractivity contribution in [3.63, 3.8) is 0 Å². The summed E-state index contributed by atoms with van der Waals surface area (Å²) in [6, 6.07) is 5.51. The van der Waals surface area contributed by atoms with E-state index in [9.17, 15) is 14.0 Å². The van der Waals surface area contributed by atoms with Crippen LogP contribution in [0.15, 0.2) is 24.3 Å². The molecule has 1 fully saturated rings. The Morgan fingerprint density at radius 3 is 2.69 bits per heavy atom. The quantitative estimate of drug-likeness (QED) is 0.832. The maximum atomic E-state index is 13.4. The van der Waals surface area contributed by atoms with Gasteiger partial charge in [-0.1, -0.05) is 6.07 Å². The van der Waals surface area contributed by atoms with E-state index in [1.54, 1.807) is 6.07 Å². The number of amides is 2. The molecule has 2 aliphatic rings. The average Bonchev–Trinajstić information content (AvgIpc) is 3.20. The summed E-state index contributed by atoms with van der Waals surface area (Å²) in [5.74, 6) is -0.346. The number of halogens is 1. The van der Waals surface area contributed by atoms with E-state index in [4.69, 9.17) is 0 Å². The molecule has 0 bridgehead atoms. The second-order valence-corrected chi connectivity index (χ2v) is 8.45. The van der Waals surface area contributed by atoms with Crippen LogP contribution in [0.25, 0.3) is 0 Å². The highest BCUT2D eigenvalue weighted by Gasteiger charge is 2.45.